The number of fused-ring (bicyclic) bond motifs is 1. The van der Waals surface area contributed by atoms with E-state index >= 15 is 0 Å². The smallest absolute Gasteiger partial charge is 0.270 e. The summed E-state index contributed by atoms with van der Waals surface area (Å²) in [6.07, 6.45) is 7.05. The molecule has 0 atom stereocenters. The van der Waals surface area contributed by atoms with E-state index in [0.29, 0.717) is 42.9 Å². The maximum absolute atomic E-state index is 12.7. The van der Waals surface area contributed by atoms with Crippen LogP contribution in [-0.4, -0.2) is 52.6 Å². The van der Waals surface area contributed by atoms with Crippen molar-refractivity contribution in [1.29, 1.82) is 5.26 Å². The number of piperidine rings is 1. The van der Waals surface area contributed by atoms with Crippen LogP contribution in [0.1, 0.15) is 43.7 Å². The van der Waals surface area contributed by atoms with Crippen molar-refractivity contribution in [2.24, 2.45) is 0 Å². The number of nitrogens with one attached hydrogen (secondary N) is 1. The monoisotopic (exact) mass is 402 g/mol. The lowest BCUT2D eigenvalue weighted by atomic mass is 9.92. The number of aromatic nitrogens is 3. The Kier molecular flexibility index (Phi) is 4.81. The first-order valence-corrected chi connectivity index (χ1v) is 11.3. The number of pyridine rings is 1. The molecule has 0 aromatic carbocycles. The zero-order chi connectivity index (χ0) is 19.9. The summed E-state index contributed by atoms with van der Waals surface area (Å²) < 4.78 is 26.4. The van der Waals surface area contributed by atoms with E-state index < -0.39 is 10.0 Å². The average Bonchev–Trinajstić information content (AvgIpc) is 2.62. The fraction of sp³-hybridized carbons (Fsp3) is 0.556. The molecule has 0 radical (unpaired) electrons. The molecule has 0 amide bonds. The molecule has 0 spiro atoms. The number of hydrogen-bond acceptors (Lipinski definition) is 7. The second-order valence-electron chi connectivity index (χ2n) is 7.48. The molecule has 1 saturated carbocycles. The van der Waals surface area contributed by atoms with Crippen LogP contribution in [0.4, 0.5) is 5.95 Å². The van der Waals surface area contributed by atoms with Crippen molar-refractivity contribution in [2.45, 2.75) is 44.2 Å². The van der Waals surface area contributed by atoms with Gasteiger partial charge in [0.1, 0.15) is 17.3 Å². The Morgan fingerprint density at radius 3 is 2.54 bits per heavy atom. The Bertz CT molecular complexity index is 1110. The molecule has 28 heavy (non-hydrogen) atoms. The molecule has 1 aliphatic heterocycles. The van der Waals surface area contributed by atoms with Gasteiger partial charge in [-0.2, -0.15) is 10.2 Å². The van der Waals surface area contributed by atoms with Gasteiger partial charge in [0.05, 0.1) is 6.26 Å². The highest BCUT2D eigenvalue weighted by Crippen LogP contribution is 2.32. The molecule has 3 heterocycles. The Morgan fingerprint density at radius 2 is 1.96 bits per heavy atom. The van der Waals surface area contributed by atoms with Gasteiger partial charge in [0, 0.05) is 36.8 Å². The van der Waals surface area contributed by atoms with Gasteiger partial charge in [0.15, 0.2) is 0 Å². The predicted octanol–water partition coefficient (Wildman–Crippen LogP) is 1.22. The molecule has 2 fully saturated rings. The molecule has 0 unspecified atom stereocenters. The van der Waals surface area contributed by atoms with Gasteiger partial charge >= 0.3 is 0 Å². The molecule has 2 aromatic heterocycles. The lowest BCUT2D eigenvalue weighted by Crippen LogP contribution is -2.42. The van der Waals surface area contributed by atoms with E-state index in [1.165, 1.54) is 10.6 Å². The van der Waals surface area contributed by atoms with E-state index in [0.717, 1.165) is 19.3 Å². The van der Waals surface area contributed by atoms with Crippen LogP contribution in [0.15, 0.2) is 17.1 Å². The van der Waals surface area contributed by atoms with E-state index in [-0.39, 0.29) is 23.2 Å². The predicted molar refractivity (Wildman–Crippen MR) is 104 cm³/mol. The number of anilines is 1. The standard InChI is InChI=1S/C18H22N6O3S/c1-28(26,27)23-7-5-14(6-8-23)21-18-20-11-13-9-12(10-19)17(25)24(16(13)22-18)15-3-2-4-15/h9,11,14-15H,2-8H2,1H3,(H,20,21,22). The Balaban J connectivity index is 1.61. The molecule has 148 valence electrons. The second-order valence-corrected chi connectivity index (χ2v) is 9.47. The van der Waals surface area contributed by atoms with Gasteiger partial charge in [-0.05, 0) is 38.2 Å². The molecule has 9 nitrogen and oxygen atoms in total. The fourth-order valence-corrected chi connectivity index (χ4v) is 4.64. The Morgan fingerprint density at radius 1 is 1.25 bits per heavy atom. The minimum atomic E-state index is -3.16. The van der Waals surface area contributed by atoms with Crippen molar-refractivity contribution >= 4 is 27.0 Å². The molecule has 2 aliphatic rings. The topological polar surface area (TPSA) is 121 Å². The Labute approximate surface area is 163 Å². The van der Waals surface area contributed by atoms with E-state index in [1.54, 1.807) is 16.8 Å². The highest BCUT2D eigenvalue weighted by molar-refractivity contribution is 7.88. The molecule has 1 saturated heterocycles. The van der Waals surface area contributed by atoms with Crippen molar-refractivity contribution in [1.82, 2.24) is 18.8 Å². The van der Waals surface area contributed by atoms with Crippen LogP contribution in [0, 0.1) is 11.3 Å². The summed E-state index contributed by atoms with van der Waals surface area (Å²) in [4.78, 5) is 21.6. The van der Waals surface area contributed by atoms with Crippen molar-refractivity contribution < 1.29 is 8.42 Å². The van der Waals surface area contributed by atoms with E-state index in [4.69, 9.17) is 0 Å². The maximum Gasteiger partial charge on any atom is 0.270 e. The SMILES string of the molecule is CS(=O)(=O)N1CCC(Nc2ncc3cc(C#N)c(=O)n(C4CCC4)c3n2)CC1. The van der Waals surface area contributed by atoms with Gasteiger partial charge in [-0.1, -0.05) is 0 Å². The van der Waals surface area contributed by atoms with Gasteiger partial charge in [-0.15, -0.1) is 0 Å². The largest absolute Gasteiger partial charge is 0.351 e. The fourth-order valence-electron chi connectivity index (χ4n) is 3.77. The number of sulfonamides is 1. The highest BCUT2D eigenvalue weighted by Gasteiger charge is 2.27. The molecule has 2 aromatic rings. The molecule has 1 N–H and O–H groups in total. The summed E-state index contributed by atoms with van der Waals surface area (Å²) >= 11 is 0. The van der Waals surface area contributed by atoms with Crippen molar-refractivity contribution in [3.63, 3.8) is 0 Å². The lowest BCUT2D eigenvalue weighted by Gasteiger charge is -2.31. The number of rotatable bonds is 4. The number of nitrogens with zero attached hydrogens (tertiary/aromatic N) is 5. The molecule has 1 aliphatic carbocycles. The first kappa shape index (κ1) is 18.8. The van der Waals surface area contributed by atoms with Crippen LogP contribution >= 0.6 is 0 Å². The minimum absolute atomic E-state index is 0.0673. The average molecular weight is 402 g/mol. The van der Waals surface area contributed by atoms with Crippen molar-refractivity contribution in [3.8, 4) is 6.07 Å². The molecule has 10 heteroatoms. The minimum Gasteiger partial charge on any atom is -0.351 e. The van der Waals surface area contributed by atoms with Crippen LogP contribution in [0.3, 0.4) is 0 Å². The number of hydrogen-bond donors (Lipinski definition) is 1. The quantitative estimate of drug-likeness (QED) is 0.816. The van der Waals surface area contributed by atoms with E-state index in [9.17, 15) is 18.5 Å². The summed E-state index contributed by atoms with van der Waals surface area (Å²) in [7, 11) is -3.16. The highest BCUT2D eigenvalue weighted by atomic mass is 32.2. The van der Waals surface area contributed by atoms with Crippen molar-refractivity contribution in [3.05, 3.63) is 28.2 Å². The first-order chi connectivity index (χ1) is 13.4. The van der Waals surface area contributed by atoms with Crippen LogP contribution < -0.4 is 10.9 Å². The van der Waals surface area contributed by atoms with E-state index in [2.05, 4.69) is 15.3 Å². The zero-order valence-corrected chi connectivity index (χ0v) is 16.4. The van der Waals surface area contributed by atoms with Crippen LogP contribution in [-0.2, 0) is 10.0 Å². The van der Waals surface area contributed by atoms with Gasteiger partial charge in [-0.3, -0.25) is 9.36 Å². The summed E-state index contributed by atoms with van der Waals surface area (Å²) in [6, 6.07) is 3.65. The zero-order valence-electron chi connectivity index (χ0n) is 15.6. The third-order valence-electron chi connectivity index (χ3n) is 5.59. The molecular weight excluding hydrogens is 380 g/mol. The van der Waals surface area contributed by atoms with Crippen molar-refractivity contribution in [2.75, 3.05) is 24.7 Å². The summed E-state index contributed by atoms with van der Waals surface area (Å²) in [5, 5.41) is 13.2. The van der Waals surface area contributed by atoms with Gasteiger partial charge < -0.3 is 5.32 Å². The van der Waals surface area contributed by atoms with Crippen LogP contribution in [0.2, 0.25) is 0 Å². The second kappa shape index (κ2) is 7.14. The first-order valence-electron chi connectivity index (χ1n) is 9.41. The molecular formula is C18H22N6O3S. The van der Waals surface area contributed by atoms with Gasteiger partial charge in [-0.25, -0.2) is 17.7 Å². The molecule has 0 bridgehead atoms. The van der Waals surface area contributed by atoms with Crippen LogP contribution in [0.25, 0.3) is 11.0 Å². The van der Waals surface area contributed by atoms with Gasteiger partial charge in [0.2, 0.25) is 16.0 Å². The van der Waals surface area contributed by atoms with Gasteiger partial charge in [0.25, 0.3) is 5.56 Å². The third kappa shape index (κ3) is 3.47. The maximum atomic E-state index is 12.7. The normalized spacial score (nSPS) is 19.3. The lowest BCUT2D eigenvalue weighted by molar-refractivity contribution is 0.313. The summed E-state index contributed by atoms with van der Waals surface area (Å²) in [6.45, 7) is 0.921. The number of nitriles is 1. The van der Waals surface area contributed by atoms with E-state index in [1.807, 2.05) is 6.07 Å². The third-order valence-corrected chi connectivity index (χ3v) is 6.89. The van der Waals surface area contributed by atoms with Crippen LogP contribution in [0.5, 0.6) is 0 Å². The summed E-state index contributed by atoms with van der Waals surface area (Å²) in [5.74, 6) is 0.419. The Hall–Kier alpha value is -2.51. The molecule has 4 rings (SSSR count). The summed E-state index contributed by atoms with van der Waals surface area (Å²) in [5.41, 5.74) is 0.349.